The van der Waals surface area contributed by atoms with Crippen molar-refractivity contribution in [3.63, 3.8) is 0 Å². The van der Waals surface area contributed by atoms with Crippen molar-refractivity contribution in [1.82, 2.24) is 45.0 Å². The molecule has 0 saturated carbocycles. The fourth-order valence-electron chi connectivity index (χ4n) is 9.45. The van der Waals surface area contributed by atoms with Gasteiger partial charge in [0.05, 0.1) is 28.9 Å². The van der Waals surface area contributed by atoms with Crippen LogP contribution in [-0.2, 0) is 16.0 Å². The Morgan fingerprint density at radius 2 is 1.52 bits per heavy atom. The largest absolute Gasteiger partial charge is 0.444 e. The first kappa shape index (κ1) is 45.8. The first-order valence-corrected chi connectivity index (χ1v) is 23.0. The Labute approximate surface area is 378 Å². The molecule has 6 heterocycles. The molecular weight excluding hydrogens is 832 g/mol. The van der Waals surface area contributed by atoms with Gasteiger partial charge in [-0.2, -0.15) is 5.10 Å². The normalized spacial score (nSPS) is 19.3. The number of aromatic amines is 1. The summed E-state index contributed by atoms with van der Waals surface area (Å²) in [6, 6.07) is 13.5. The van der Waals surface area contributed by atoms with Crippen molar-refractivity contribution in [2.24, 2.45) is 5.92 Å². The molecule has 0 spiro atoms. The maximum Gasteiger partial charge on any atom is 0.412 e. The number of benzene rings is 2. The van der Waals surface area contributed by atoms with Gasteiger partial charge in [-0.1, -0.05) is 24.3 Å². The van der Waals surface area contributed by atoms with E-state index in [4.69, 9.17) is 4.74 Å². The third-order valence-electron chi connectivity index (χ3n) is 13.1. The van der Waals surface area contributed by atoms with Crippen LogP contribution < -0.4 is 16.2 Å². The van der Waals surface area contributed by atoms with Crippen LogP contribution in [0, 0.1) is 11.7 Å². The fourth-order valence-corrected chi connectivity index (χ4v) is 9.45. The third kappa shape index (κ3) is 11.4. The summed E-state index contributed by atoms with van der Waals surface area (Å²) in [6.45, 7) is 14.3. The van der Waals surface area contributed by atoms with Crippen molar-refractivity contribution >= 4 is 40.3 Å². The monoisotopic (exact) mass is 892 g/mol. The zero-order valence-corrected chi connectivity index (χ0v) is 37.7. The maximum atomic E-state index is 15.1. The summed E-state index contributed by atoms with van der Waals surface area (Å²) in [7, 11) is 0. The molecule has 1 unspecified atom stereocenters. The van der Waals surface area contributed by atoms with Crippen molar-refractivity contribution in [2.75, 3.05) is 96.9 Å². The SMILES string of the molecule is CC(C)(C)OC(=O)Nc1cc(C2CCCNC2)cnc1C(=O)N1CCC(CN2CCN(CC(=O)N3CCN(C(=O)c4cc(Cc5n[nH]c(=O)c6ccccc56)ccc4F)CC3)CC2)CC1. The molecule has 16 nitrogen and oxygen atoms in total. The maximum absolute atomic E-state index is 15.1. The van der Waals surface area contributed by atoms with Gasteiger partial charge in [-0.25, -0.2) is 19.3 Å². The number of piperazine rings is 2. The van der Waals surface area contributed by atoms with Gasteiger partial charge >= 0.3 is 6.09 Å². The van der Waals surface area contributed by atoms with E-state index in [0.29, 0.717) is 85.9 Å². The van der Waals surface area contributed by atoms with E-state index in [1.165, 1.54) is 6.07 Å². The van der Waals surface area contributed by atoms with E-state index < -0.39 is 23.4 Å². The number of piperidine rings is 2. The quantitative estimate of drug-likeness (QED) is 0.207. The molecule has 2 aromatic carbocycles. The minimum absolute atomic E-state index is 0.0240. The first-order valence-electron chi connectivity index (χ1n) is 23.0. The standard InChI is InChI=1S/C48H61FN10O6/c1-48(2,3)65-47(64)52-41-27-35(34-7-6-14-50-28-34)29-51-43(41)46(63)58-15-12-32(13-16-58)30-55-17-19-56(20-18-55)31-42(60)57-21-23-59(24-22-57)45(62)38-25-33(10-11-39(38)49)26-40-36-8-4-5-9-37(36)44(61)54-53-40/h4-5,8-11,25,27,29,32,34,50H,6-7,12-24,26,28,30-31H2,1-3H3,(H,52,64)(H,54,61). The van der Waals surface area contributed by atoms with Gasteiger partial charge in [0.1, 0.15) is 11.4 Å². The lowest BCUT2D eigenvalue weighted by molar-refractivity contribution is -0.134. The summed E-state index contributed by atoms with van der Waals surface area (Å²) in [5.74, 6) is -0.505. The van der Waals surface area contributed by atoms with Crippen LogP contribution in [0.15, 0.2) is 59.5 Å². The van der Waals surface area contributed by atoms with E-state index >= 15 is 4.39 Å². The number of nitrogens with zero attached hydrogens (tertiary/aromatic N) is 7. The van der Waals surface area contributed by atoms with E-state index in [0.717, 1.165) is 77.1 Å². The second-order valence-electron chi connectivity index (χ2n) is 18.9. The summed E-state index contributed by atoms with van der Waals surface area (Å²) in [6.07, 6.45) is 5.27. The highest BCUT2D eigenvalue weighted by atomic mass is 19.1. The lowest BCUT2D eigenvalue weighted by Gasteiger charge is -2.40. The molecule has 4 fully saturated rings. The molecule has 4 amide bonds. The number of anilines is 1. The number of halogens is 1. The van der Waals surface area contributed by atoms with Crippen LogP contribution >= 0.6 is 0 Å². The summed E-state index contributed by atoms with van der Waals surface area (Å²) in [5.41, 5.74) is 1.92. The van der Waals surface area contributed by atoms with Gasteiger partial charge in [0.25, 0.3) is 17.4 Å². The topological polar surface area (TPSA) is 176 Å². The van der Waals surface area contributed by atoms with Gasteiger partial charge in [-0.05, 0) is 100 Å². The molecular formula is C48H61FN10O6. The summed E-state index contributed by atoms with van der Waals surface area (Å²) in [4.78, 5) is 80.5. The predicted molar refractivity (Wildman–Crippen MR) is 244 cm³/mol. The first-order chi connectivity index (χ1) is 31.3. The van der Waals surface area contributed by atoms with Crippen molar-refractivity contribution in [2.45, 2.75) is 64.4 Å². The van der Waals surface area contributed by atoms with E-state index in [1.54, 1.807) is 61.0 Å². The number of aromatic nitrogens is 3. The van der Waals surface area contributed by atoms with E-state index in [-0.39, 0.29) is 34.5 Å². The summed E-state index contributed by atoms with van der Waals surface area (Å²) in [5, 5.41) is 14.2. The molecule has 4 saturated heterocycles. The molecule has 4 aliphatic rings. The molecule has 4 aliphatic heterocycles. The average Bonchev–Trinajstić information content (AvgIpc) is 3.30. The number of fused-ring (bicyclic) bond motifs is 1. The second-order valence-corrected chi connectivity index (χ2v) is 18.9. The number of carbonyl (C=O) groups is 4. The molecule has 65 heavy (non-hydrogen) atoms. The molecule has 2 aromatic heterocycles. The van der Waals surface area contributed by atoms with Crippen LogP contribution in [0.1, 0.15) is 90.0 Å². The number of carbonyl (C=O) groups excluding carboxylic acids is 4. The van der Waals surface area contributed by atoms with Crippen LogP contribution in [0.3, 0.4) is 0 Å². The van der Waals surface area contributed by atoms with Crippen molar-refractivity contribution in [3.8, 4) is 0 Å². The van der Waals surface area contributed by atoms with Crippen LogP contribution in [0.5, 0.6) is 0 Å². The minimum Gasteiger partial charge on any atom is -0.444 e. The van der Waals surface area contributed by atoms with E-state index in [9.17, 15) is 24.0 Å². The number of pyridine rings is 1. The number of rotatable bonds is 10. The fraction of sp³-hybridized carbons (Fsp3) is 0.521. The lowest BCUT2D eigenvalue weighted by atomic mass is 9.92. The molecule has 0 aliphatic carbocycles. The van der Waals surface area contributed by atoms with Gasteiger partial charge in [0.2, 0.25) is 5.91 Å². The lowest BCUT2D eigenvalue weighted by Crippen LogP contribution is -2.55. The minimum atomic E-state index is -0.689. The zero-order valence-electron chi connectivity index (χ0n) is 37.7. The Hall–Kier alpha value is -5.78. The third-order valence-corrected chi connectivity index (χ3v) is 13.1. The Morgan fingerprint density at radius 3 is 2.23 bits per heavy atom. The number of nitrogens with one attached hydrogen (secondary N) is 3. The Balaban J connectivity index is 0.771. The molecule has 346 valence electrons. The van der Waals surface area contributed by atoms with E-state index in [1.807, 2.05) is 23.1 Å². The molecule has 8 rings (SSSR count). The molecule has 0 radical (unpaired) electrons. The highest BCUT2D eigenvalue weighted by Crippen LogP contribution is 2.29. The number of hydrogen-bond donors (Lipinski definition) is 3. The molecule has 17 heteroatoms. The number of hydrogen-bond acceptors (Lipinski definition) is 11. The second kappa shape index (κ2) is 20.2. The van der Waals surface area contributed by atoms with Crippen LogP contribution in [0.25, 0.3) is 10.8 Å². The smallest absolute Gasteiger partial charge is 0.412 e. The van der Waals surface area contributed by atoms with Crippen LogP contribution in [0.2, 0.25) is 0 Å². The van der Waals surface area contributed by atoms with Crippen LogP contribution in [0.4, 0.5) is 14.9 Å². The molecule has 0 bridgehead atoms. The molecule has 3 N–H and O–H groups in total. The zero-order chi connectivity index (χ0) is 45.7. The van der Waals surface area contributed by atoms with E-state index in [2.05, 4.69) is 35.6 Å². The van der Waals surface area contributed by atoms with Crippen molar-refractivity contribution < 1.29 is 28.3 Å². The average molecular weight is 893 g/mol. The molecule has 1 atom stereocenters. The van der Waals surface area contributed by atoms with Gasteiger partial charge in [0, 0.05) is 96.5 Å². The highest BCUT2D eigenvalue weighted by molar-refractivity contribution is 6.01. The van der Waals surface area contributed by atoms with Gasteiger partial charge in [0.15, 0.2) is 5.69 Å². The summed E-state index contributed by atoms with van der Waals surface area (Å²) >= 11 is 0. The number of ether oxygens (including phenoxy) is 1. The Kier molecular flexibility index (Phi) is 14.2. The van der Waals surface area contributed by atoms with Gasteiger partial charge in [-0.3, -0.25) is 29.4 Å². The number of amides is 4. The van der Waals surface area contributed by atoms with Gasteiger partial charge < -0.3 is 29.7 Å². The number of likely N-dealkylation sites (tertiary alicyclic amines) is 1. The Bertz CT molecular complexity index is 2430. The highest BCUT2D eigenvalue weighted by Gasteiger charge is 2.32. The molecule has 4 aromatic rings. The summed E-state index contributed by atoms with van der Waals surface area (Å²) < 4.78 is 20.6. The predicted octanol–water partition coefficient (Wildman–Crippen LogP) is 4.32. The van der Waals surface area contributed by atoms with Crippen molar-refractivity contribution in [3.05, 3.63) is 99.0 Å². The van der Waals surface area contributed by atoms with Gasteiger partial charge in [-0.15, -0.1) is 0 Å². The Morgan fingerprint density at radius 1 is 0.831 bits per heavy atom. The number of H-pyrrole nitrogens is 1. The van der Waals surface area contributed by atoms with Crippen molar-refractivity contribution in [1.29, 1.82) is 0 Å². The van der Waals surface area contributed by atoms with Crippen LogP contribution in [-0.4, -0.2) is 161 Å².